The molecule has 0 aliphatic carbocycles. The van der Waals surface area contributed by atoms with Gasteiger partial charge in [-0.1, -0.05) is 46.4 Å². The van der Waals surface area contributed by atoms with Gasteiger partial charge >= 0.3 is 138 Å². The zero-order valence-electron chi connectivity index (χ0n) is 42.0. The zero-order valence-corrected chi connectivity index (χ0v) is 58.1. The van der Waals surface area contributed by atoms with E-state index in [9.17, 15) is 68.2 Å². The third kappa shape index (κ3) is 26.4. The number of nitrogen functional groups attached to an aromatic ring is 1. The van der Waals surface area contributed by atoms with Crippen LogP contribution in [-0.2, 0) is 18.7 Å². The SMILES string of the molecule is Nc1cc(F)c(Oc2ccc(Cl)cc2)c(F)c1.O=CO[O-].O=S(=O)(Cl)c1cc(F)c(Oc2ccc(Cl)cc2)c(F)c1.O=[N+]([O-])c1cc(F)c(F)c(F)c1.O=[N+]([O-])c1cc(F)c(Oc2ccc(Cl)cc2)c(F)c1.Oc1ccc(Cl)cc1.[Cs+].[Cs+].[H-]. The van der Waals surface area contributed by atoms with E-state index in [4.69, 9.17) is 92.2 Å². The third-order valence-electron chi connectivity index (χ3n) is 8.61. The van der Waals surface area contributed by atoms with Crippen LogP contribution in [0.25, 0.3) is 0 Å². The molecule has 0 saturated heterocycles. The first-order chi connectivity index (χ1) is 37.5. The van der Waals surface area contributed by atoms with Crippen LogP contribution in [0.4, 0.5) is 56.6 Å². The number of nitro groups is 2. The van der Waals surface area contributed by atoms with Crippen molar-refractivity contribution in [2.75, 3.05) is 5.73 Å². The fraction of sp³-hybridized carbons (Fsp3) is 0. The summed E-state index contributed by atoms with van der Waals surface area (Å²) in [7, 11) is 0.792. The summed E-state index contributed by atoms with van der Waals surface area (Å²) in [6.07, 6.45) is 0. The molecule has 0 radical (unpaired) electrons. The van der Waals surface area contributed by atoms with Gasteiger partial charge in [0.15, 0.2) is 69.6 Å². The molecule has 0 aromatic heterocycles. The Balaban J connectivity index is 0.00000101. The number of benzene rings is 8. The second-order valence-corrected chi connectivity index (χ2v) is 18.6. The first kappa shape index (κ1) is 75.9. The van der Waals surface area contributed by atoms with Crippen molar-refractivity contribution in [1.29, 1.82) is 0 Å². The van der Waals surface area contributed by atoms with E-state index in [1.54, 1.807) is 36.4 Å². The number of hydrogen-bond acceptors (Lipinski definition) is 14. The summed E-state index contributed by atoms with van der Waals surface area (Å²) >= 11 is 22.5. The minimum Gasteiger partial charge on any atom is -1.00 e. The van der Waals surface area contributed by atoms with Gasteiger partial charge in [-0.05, 0) is 109 Å². The minimum absolute atomic E-state index is 0. The summed E-state index contributed by atoms with van der Waals surface area (Å²) in [5.41, 5.74) is 3.80. The van der Waals surface area contributed by atoms with Gasteiger partial charge in [-0.15, -0.1) is 0 Å². The van der Waals surface area contributed by atoms with Crippen LogP contribution in [0.1, 0.15) is 1.43 Å². The van der Waals surface area contributed by atoms with Crippen LogP contribution >= 0.6 is 57.1 Å². The number of carbonyl (C=O) groups is 1. The van der Waals surface area contributed by atoms with E-state index in [1.165, 1.54) is 60.7 Å². The number of carbonyl (C=O) groups excluding carboxylic acids is 1. The average Bonchev–Trinajstić information content (AvgIpc) is 3.39. The number of non-ortho nitro benzene ring substituents is 2. The van der Waals surface area contributed by atoms with Crippen LogP contribution in [0.2, 0.25) is 20.1 Å². The van der Waals surface area contributed by atoms with Gasteiger partial charge in [0.2, 0.25) is 0 Å². The van der Waals surface area contributed by atoms with Crippen molar-refractivity contribution in [3.8, 4) is 40.2 Å². The molecule has 3 N–H and O–H groups in total. The summed E-state index contributed by atoms with van der Waals surface area (Å²) in [5.74, 6) is -12.3. The molecule has 8 aromatic rings. The number of phenols is 1. The zero-order chi connectivity index (χ0) is 60.0. The number of nitro benzene ring substituents is 2. The van der Waals surface area contributed by atoms with Crippen LogP contribution in [0.3, 0.4) is 0 Å². The standard InChI is InChI=1S/C12H6Cl2F2O3S.C12H6ClF2NO3.C12H8ClF2NO.C6H5ClO.C6H2F3NO2.CH2O3.2Cs.H/c13-7-1-3-8(4-2-7)19-12-10(15)5-9(6-11(12)16)20(14,17)18;13-7-1-3-9(4-2-7)19-12-10(14)5-8(16(17)18)6-11(12)15;13-7-1-3-9(4-2-7)17-12-10(14)5-8(16)6-11(12)15;7-5-1-3-6(8)4-2-5;7-4-1-3(10(11)12)2-5(8)6(4)9;2-1-4-3;;;/h1-6H;1-6H;1-6H,16H2;1-4,8H;1-2H;1,3H;;;/q;;;;;;2*+1;-1/p-1. The molecule has 0 heterocycles. The molecular formula is C49H29Cl5Cs2F9N3O13S. The number of rotatable bonds is 10. The van der Waals surface area contributed by atoms with E-state index < -0.39 is 105 Å². The van der Waals surface area contributed by atoms with Crippen LogP contribution < -0.4 is 163 Å². The molecule has 0 fully saturated rings. The number of halogens is 14. The van der Waals surface area contributed by atoms with E-state index in [0.717, 1.165) is 12.1 Å². The maximum Gasteiger partial charge on any atom is 1.00 e. The van der Waals surface area contributed by atoms with E-state index in [-0.39, 0.29) is 174 Å². The Morgan fingerprint density at radius 2 is 0.732 bits per heavy atom. The maximum atomic E-state index is 13.7. The summed E-state index contributed by atoms with van der Waals surface area (Å²) < 4.78 is 155. The van der Waals surface area contributed by atoms with Crippen LogP contribution in [0.5, 0.6) is 40.2 Å². The summed E-state index contributed by atoms with van der Waals surface area (Å²) in [4.78, 5) is 29.1. The van der Waals surface area contributed by atoms with Crippen molar-refractivity contribution in [3.63, 3.8) is 0 Å². The molecule has 0 saturated carbocycles. The van der Waals surface area contributed by atoms with Crippen molar-refractivity contribution in [3.05, 3.63) is 238 Å². The molecule has 0 atom stereocenters. The number of aromatic hydroxyl groups is 1. The molecule has 424 valence electrons. The fourth-order valence-electron chi connectivity index (χ4n) is 5.15. The Hall–Kier alpha value is -4.14. The Bertz CT molecular complexity index is 3440. The largest absolute Gasteiger partial charge is 1.00 e. The Morgan fingerprint density at radius 1 is 0.488 bits per heavy atom. The summed E-state index contributed by atoms with van der Waals surface area (Å²) in [6, 6.07) is 29.0. The molecule has 82 heavy (non-hydrogen) atoms. The van der Waals surface area contributed by atoms with E-state index in [1.807, 2.05) is 0 Å². The van der Waals surface area contributed by atoms with E-state index >= 15 is 0 Å². The normalized spacial score (nSPS) is 9.89. The number of anilines is 1. The van der Waals surface area contributed by atoms with E-state index in [0.29, 0.717) is 56.5 Å². The Labute approximate surface area is 600 Å². The topological polar surface area (TPSA) is 244 Å². The van der Waals surface area contributed by atoms with Crippen molar-refractivity contribution in [2.24, 2.45) is 0 Å². The quantitative estimate of drug-likeness (QED) is 0.0190. The molecule has 0 unspecified atom stereocenters. The number of hydrogen-bond donors (Lipinski definition) is 2. The Morgan fingerprint density at radius 3 is 0.976 bits per heavy atom. The van der Waals surface area contributed by atoms with Gasteiger partial charge in [0.25, 0.3) is 26.9 Å². The smallest absolute Gasteiger partial charge is 1.00 e. The predicted octanol–water partition coefficient (Wildman–Crippen LogP) is 9.26. The van der Waals surface area contributed by atoms with Crippen LogP contribution in [-0.4, -0.2) is 29.8 Å². The van der Waals surface area contributed by atoms with Gasteiger partial charge < -0.3 is 36.6 Å². The minimum atomic E-state index is -4.22. The fourth-order valence-corrected chi connectivity index (χ4v) is 6.41. The van der Waals surface area contributed by atoms with Crippen molar-refractivity contribution in [1.82, 2.24) is 0 Å². The van der Waals surface area contributed by atoms with Crippen molar-refractivity contribution >= 4 is 89.7 Å². The second-order valence-electron chi connectivity index (χ2n) is 14.3. The van der Waals surface area contributed by atoms with Gasteiger partial charge in [-0.3, -0.25) is 25.0 Å². The van der Waals surface area contributed by atoms with Gasteiger partial charge in [0, 0.05) is 48.6 Å². The molecular weight excluding hydrogens is 1480 g/mol. The molecule has 0 aliphatic heterocycles. The van der Waals surface area contributed by atoms with Gasteiger partial charge in [-0.2, -0.15) is 0 Å². The van der Waals surface area contributed by atoms with Gasteiger partial charge in [-0.25, -0.2) is 47.9 Å². The molecule has 8 rings (SSSR count). The number of nitrogens with zero attached hydrogens (tertiary/aromatic N) is 2. The maximum absolute atomic E-state index is 13.7. The van der Waals surface area contributed by atoms with E-state index in [2.05, 4.69) is 4.89 Å². The van der Waals surface area contributed by atoms with Crippen LogP contribution in [0, 0.1) is 72.6 Å². The van der Waals surface area contributed by atoms with Gasteiger partial charge in [0.05, 0.1) is 39.0 Å². The first-order valence-electron chi connectivity index (χ1n) is 20.6. The molecule has 0 amide bonds. The molecule has 0 aliphatic rings. The summed E-state index contributed by atoms with van der Waals surface area (Å²) in [6.45, 7) is -0.181. The molecule has 33 heteroatoms. The third-order valence-corrected chi connectivity index (χ3v) is 11.0. The molecule has 0 bridgehead atoms. The molecule has 0 spiro atoms. The first-order valence-corrected chi connectivity index (χ1v) is 24.4. The monoisotopic (exact) mass is 1510 g/mol. The van der Waals surface area contributed by atoms with Crippen molar-refractivity contribution in [2.45, 2.75) is 4.90 Å². The number of nitrogens with two attached hydrogens (primary N) is 1. The molecule has 16 nitrogen and oxygen atoms in total. The second kappa shape index (κ2) is 37.3. The predicted molar refractivity (Wildman–Crippen MR) is 272 cm³/mol. The number of ether oxygens (including phenoxy) is 3. The van der Waals surface area contributed by atoms with Crippen molar-refractivity contribution < 1.29 is 231 Å². The Kier molecular flexibility index (Phi) is 34.5. The number of phenolic OH excluding ortho intramolecular Hbond substituents is 1. The van der Waals surface area contributed by atoms with Gasteiger partial charge in [0.1, 0.15) is 23.0 Å². The summed E-state index contributed by atoms with van der Waals surface area (Å²) in [5, 5.41) is 39.5. The average molecular weight is 1510 g/mol. The van der Waals surface area contributed by atoms with Crippen LogP contribution in [0.15, 0.2) is 150 Å². The molecule has 8 aromatic carbocycles.